The molecule has 4 nitrogen and oxygen atoms in total. The van der Waals surface area contributed by atoms with Crippen LogP contribution in [0.25, 0.3) is 16.6 Å². The van der Waals surface area contributed by atoms with Crippen molar-refractivity contribution in [1.82, 2.24) is 14.9 Å². The Bertz CT molecular complexity index is 1470. The number of aryl methyl sites for hydroxylation is 2. The Morgan fingerprint density at radius 2 is 1.81 bits per heavy atom. The molecule has 36 heavy (non-hydrogen) atoms. The van der Waals surface area contributed by atoms with Crippen molar-refractivity contribution in [2.75, 3.05) is 0 Å². The summed E-state index contributed by atoms with van der Waals surface area (Å²) in [4.78, 5) is 13.4. The van der Waals surface area contributed by atoms with E-state index >= 15 is 0 Å². The van der Waals surface area contributed by atoms with Crippen LogP contribution in [0.2, 0.25) is 0 Å². The van der Waals surface area contributed by atoms with E-state index in [0.29, 0.717) is 34.5 Å². The van der Waals surface area contributed by atoms with Crippen LogP contribution in [-0.2, 0) is 12.6 Å². The Hall–Kier alpha value is -3.68. The molecule has 5 rings (SSSR count). The summed E-state index contributed by atoms with van der Waals surface area (Å²) in [5.41, 5.74) is 4.98. The summed E-state index contributed by atoms with van der Waals surface area (Å²) in [5.74, 6) is -0.670. The molecule has 1 aliphatic carbocycles. The van der Waals surface area contributed by atoms with Gasteiger partial charge >= 0.3 is 6.18 Å². The highest BCUT2D eigenvalue weighted by Crippen LogP contribution is 2.36. The number of hydrogen-bond donors (Lipinski definition) is 1. The van der Waals surface area contributed by atoms with E-state index in [1.807, 2.05) is 13.8 Å². The van der Waals surface area contributed by atoms with E-state index in [0.717, 1.165) is 35.2 Å². The van der Waals surface area contributed by atoms with E-state index in [9.17, 15) is 22.4 Å². The van der Waals surface area contributed by atoms with E-state index in [4.69, 9.17) is 0 Å². The molecule has 2 aromatic carbocycles. The summed E-state index contributed by atoms with van der Waals surface area (Å²) < 4.78 is 54.6. The van der Waals surface area contributed by atoms with Gasteiger partial charge < -0.3 is 5.32 Å². The monoisotopic (exact) mass is 495 g/mol. The number of carbonyl (C=O) groups is 1. The zero-order valence-corrected chi connectivity index (χ0v) is 20.1. The molecule has 1 amide bonds. The largest absolute Gasteiger partial charge is 0.416 e. The molecule has 8 heteroatoms. The molecular formula is C28H25F4N3O. The maximum absolute atomic E-state index is 13.8. The van der Waals surface area contributed by atoms with Crippen molar-refractivity contribution in [2.45, 2.75) is 51.7 Å². The molecule has 0 fully saturated rings. The third-order valence-electron chi connectivity index (χ3n) is 6.79. The SMILES string of the molecule is Cc1nn2c(C(C)C)c(C(=O)N[C@H]3CCc4ccc(F)cc43)ccc2c1-c1ccc(C(F)(F)F)cc1. The Morgan fingerprint density at radius 3 is 2.47 bits per heavy atom. The summed E-state index contributed by atoms with van der Waals surface area (Å²) in [7, 11) is 0. The minimum absolute atomic E-state index is 0.0671. The molecular weight excluding hydrogens is 470 g/mol. The minimum Gasteiger partial charge on any atom is -0.345 e. The number of benzene rings is 2. The van der Waals surface area contributed by atoms with Crippen LogP contribution in [-0.4, -0.2) is 15.5 Å². The van der Waals surface area contributed by atoms with Gasteiger partial charge in [0.2, 0.25) is 0 Å². The van der Waals surface area contributed by atoms with Gasteiger partial charge in [0.1, 0.15) is 5.82 Å². The topological polar surface area (TPSA) is 46.4 Å². The third kappa shape index (κ3) is 4.14. The predicted molar refractivity (Wildman–Crippen MR) is 129 cm³/mol. The normalized spacial score (nSPS) is 15.5. The van der Waals surface area contributed by atoms with Gasteiger partial charge in [-0.05, 0) is 78.8 Å². The molecule has 186 valence electrons. The zero-order valence-electron chi connectivity index (χ0n) is 20.1. The van der Waals surface area contributed by atoms with Gasteiger partial charge in [0.25, 0.3) is 5.91 Å². The minimum atomic E-state index is -4.41. The fourth-order valence-corrected chi connectivity index (χ4v) is 5.13. The number of aromatic nitrogens is 2. The quantitative estimate of drug-likeness (QED) is 0.310. The maximum atomic E-state index is 13.8. The molecule has 1 atom stereocenters. The molecule has 0 saturated heterocycles. The van der Waals surface area contributed by atoms with Crippen molar-refractivity contribution < 1.29 is 22.4 Å². The Morgan fingerprint density at radius 1 is 1.08 bits per heavy atom. The van der Waals surface area contributed by atoms with E-state index in [-0.39, 0.29) is 23.7 Å². The van der Waals surface area contributed by atoms with Gasteiger partial charge in [-0.1, -0.05) is 32.0 Å². The van der Waals surface area contributed by atoms with E-state index in [2.05, 4.69) is 10.4 Å². The average molecular weight is 496 g/mol. The first-order chi connectivity index (χ1) is 17.0. The highest BCUT2D eigenvalue weighted by molar-refractivity contribution is 5.97. The van der Waals surface area contributed by atoms with Crippen LogP contribution in [0, 0.1) is 12.7 Å². The lowest BCUT2D eigenvalue weighted by atomic mass is 9.99. The number of carbonyl (C=O) groups excluding carboxylic acids is 1. The van der Waals surface area contributed by atoms with Gasteiger partial charge in [-0.15, -0.1) is 0 Å². The zero-order chi connectivity index (χ0) is 25.8. The second-order valence-electron chi connectivity index (χ2n) is 9.53. The van der Waals surface area contributed by atoms with Crippen molar-refractivity contribution in [2.24, 2.45) is 0 Å². The van der Waals surface area contributed by atoms with Gasteiger partial charge in [-0.3, -0.25) is 4.79 Å². The van der Waals surface area contributed by atoms with Crippen molar-refractivity contribution in [3.8, 4) is 11.1 Å². The lowest BCUT2D eigenvalue weighted by Crippen LogP contribution is -2.29. The first-order valence-corrected chi connectivity index (χ1v) is 11.8. The van der Waals surface area contributed by atoms with Crippen LogP contribution in [0.5, 0.6) is 0 Å². The number of halogens is 4. The number of nitrogens with one attached hydrogen (secondary N) is 1. The molecule has 1 aliphatic rings. The lowest BCUT2D eigenvalue weighted by molar-refractivity contribution is -0.137. The summed E-state index contributed by atoms with van der Waals surface area (Å²) in [6, 6.07) is 12.9. The van der Waals surface area contributed by atoms with Crippen molar-refractivity contribution in [3.63, 3.8) is 0 Å². The van der Waals surface area contributed by atoms with Crippen molar-refractivity contribution >= 4 is 11.4 Å². The second kappa shape index (κ2) is 8.76. The summed E-state index contributed by atoms with van der Waals surface area (Å²) in [6.45, 7) is 5.72. The molecule has 2 heterocycles. The number of fused-ring (bicyclic) bond motifs is 2. The van der Waals surface area contributed by atoms with Gasteiger partial charge in [0.05, 0.1) is 34.1 Å². The van der Waals surface area contributed by atoms with E-state index in [1.54, 1.807) is 29.6 Å². The maximum Gasteiger partial charge on any atom is 0.416 e. The fourth-order valence-electron chi connectivity index (χ4n) is 5.13. The molecule has 4 aromatic rings. The summed E-state index contributed by atoms with van der Waals surface area (Å²) in [5, 5.41) is 7.73. The molecule has 0 aliphatic heterocycles. The van der Waals surface area contributed by atoms with E-state index < -0.39 is 11.7 Å². The highest BCUT2D eigenvalue weighted by Gasteiger charge is 2.31. The molecule has 0 radical (unpaired) electrons. The Labute approximate surface area is 206 Å². The smallest absolute Gasteiger partial charge is 0.345 e. The predicted octanol–water partition coefficient (Wildman–Crippen LogP) is 7.01. The molecule has 0 bridgehead atoms. The fraction of sp³-hybridized carbons (Fsp3) is 0.286. The van der Waals surface area contributed by atoms with Crippen LogP contribution >= 0.6 is 0 Å². The van der Waals surface area contributed by atoms with Crippen molar-refractivity contribution in [3.05, 3.63) is 94.1 Å². The Kier molecular flexibility index (Phi) is 5.85. The van der Waals surface area contributed by atoms with Crippen molar-refractivity contribution in [1.29, 1.82) is 0 Å². The first-order valence-electron chi connectivity index (χ1n) is 11.8. The number of alkyl halides is 3. The van der Waals surface area contributed by atoms with Crippen LogP contribution in [0.15, 0.2) is 54.6 Å². The van der Waals surface area contributed by atoms with E-state index in [1.165, 1.54) is 24.3 Å². The van der Waals surface area contributed by atoms with Gasteiger partial charge in [0, 0.05) is 5.56 Å². The third-order valence-corrected chi connectivity index (χ3v) is 6.79. The standard InChI is InChI=1S/C28H25F4N3O/c1-15(2)26-21(27(36)33-23-12-7-17-6-10-20(29)14-22(17)23)11-13-24-25(16(3)34-35(24)26)18-4-8-19(9-5-18)28(30,31)32/h4-6,8-11,13-15,23H,7,12H2,1-3H3,(H,33,36)/t23-/m0/s1. The highest BCUT2D eigenvalue weighted by atomic mass is 19.4. The number of hydrogen-bond acceptors (Lipinski definition) is 2. The van der Waals surface area contributed by atoms with Gasteiger partial charge in [0.15, 0.2) is 0 Å². The van der Waals surface area contributed by atoms with Gasteiger partial charge in [-0.25, -0.2) is 8.91 Å². The Balaban J connectivity index is 1.53. The van der Waals surface area contributed by atoms with Crippen LogP contribution < -0.4 is 5.32 Å². The molecule has 0 spiro atoms. The number of rotatable bonds is 4. The van der Waals surface area contributed by atoms with Crippen LogP contribution in [0.1, 0.15) is 70.7 Å². The van der Waals surface area contributed by atoms with Crippen LogP contribution in [0.4, 0.5) is 17.6 Å². The van der Waals surface area contributed by atoms with Crippen LogP contribution in [0.3, 0.4) is 0 Å². The number of nitrogens with zero attached hydrogens (tertiary/aromatic N) is 2. The lowest BCUT2D eigenvalue weighted by Gasteiger charge is -2.18. The second-order valence-corrected chi connectivity index (χ2v) is 9.53. The molecule has 0 unspecified atom stereocenters. The molecule has 2 aromatic heterocycles. The molecule has 1 N–H and O–H groups in total. The summed E-state index contributed by atoms with van der Waals surface area (Å²) >= 11 is 0. The number of amides is 1. The summed E-state index contributed by atoms with van der Waals surface area (Å²) in [6.07, 6.45) is -2.94. The molecule has 0 saturated carbocycles. The first kappa shape index (κ1) is 24.0. The van der Waals surface area contributed by atoms with Gasteiger partial charge in [-0.2, -0.15) is 18.3 Å². The number of pyridine rings is 1. The average Bonchev–Trinajstić information content (AvgIpc) is 3.37.